The van der Waals surface area contributed by atoms with Gasteiger partial charge in [-0.2, -0.15) is 5.10 Å². The minimum atomic E-state index is -0.199. The van der Waals surface area contributed by atoms with Crippen molar-refractivity contribution in [2.24, 2.45) is 7.05 Å². The molecule has 7 heteroatoms. The normalized spacial score (nSPS) is 18.9. The first-order chi connectivity index (χ1) is 12.5. The summed E-state index contributed by atoms with van der Waals surface area (Å²) in [5.74, 6) is -0.176. The van der Waals surface area contributed by atoms with Gasteiger partial charge in [0.1, 0.15) is 5.82 Å². The van der Waals surface area contributed by atoms with Crippen molar-refractivity contribution in [2.45, 2.75) is 13.0 Å². The van der Waals surface area contributed by atoms with Gasteiger partial charge in [0.25, 0.3) is 5.91 Å². The number of piperazine rings is 1. The van der Waals surface area contributed by atoms with Gasteiger partial charge in [0.15, 0.2) is 5.69 Å². The molecule has 0 bridgehead atoms. The SMILES string of the molecule is Cc1cc(C(=O)N2CC(N3CCN(c4ccc(F)cc4)CC3)C2)nn1C. The molecule has 26 heavy (non-hydrogen) atoms. The monoisotopic (exact) mass is 357 g/mol. The molecule has 0 spiro atoms. The molecule has 0 unspecified atom stereocenters. The van der Waals surface area contributed by atoms with E-state index in [1.165, 1.54) is 12.1 Å². The fraction of sp³-hybridized carbons (Fsp3) is 0.474. The number of likely N-dealkylation sites (tertiary alicyclic amines) is 1. The van der Waals surface area contributed by atoms with Crippen LogP contribution in [0.25, 0.3) is 0 Å². The quantitative estimate of drug-likeness (QED) is 0.835. The maximum atomic E-state index is 13.1. The molecule has 0 N–H and O–H groups in total. The van der Waals surface area contributed by atoms with Crippen molar-refractivity contribution in [3.63, 3.8) is 0 Å². The maximum absolute atomic E-state index is 13.1. The Hall–Kier alpha value is -2.41. The third-order valence-electron chi connectivity index (χ3n) is 5.50. The van der Waals surface area contributed by atoms with Crippen LogP contribution in [-0.4, -0.2) is 70.8 Å². The van der Waals surface area contributed by atoms with Crippen LogP contribution in [0.4, 0.5) is 10.1 Å². The molecule has 0 saturated carbocycles. The van der Waals surface area contributed by atoms with Gasteiger partial charge in [-0.15, -0.1) is 0 Å². The molecule has 0 aliphatic carbocycles. The molecule has 2 fully saturated rings. The Morgan fingerprint density at radius 2 is 1.77 bits per heavy atom. The zero-order chi connectivity index (χ0) is 18.3. The van der Waals surface area contributed by atoms with Crippen LogP contribution >= 0.6 is 0 Å². The number of benzene rings is 1. The van der Waals surface area contributed by atoms with E-state index in [-0.39, 0.29) is 11.7 Å². The Morgan fingerprint density at radius 3 is 2.35 bits per heavy atom. The smallest absolute Gasteiger partial charge is 0.274 e. The molecule has 2 saturated heterocycles. The Morgan fingerprint density at radius 1 is 1.12 bits per heavy atom. The van der Waals surface area contributed by atoms with Crippen molar-refractivity contribution in [2.75, 3.05) is 44.2 Å². The van der Waals surface area contributed by atoms with Gasteiger partial charge in [0, 0.05) is 63.7 Å². The second-order valence-electron chi connectivity index (χ2n) is 7.16. The number of carbonyl (C=O) groups is 1. The van der Waals surface area contributed by atoms with E-state index in [0.717, 1.165) is 50.6 Å². The van der Waals surface area contributed by atoms with E-state index in [9.17, 15) is 9.18 Å². The number of rotatable bonds is 3. The number of aromatic nitrogens is 2. The lowest BCUT2D eigenvalue weighted by Gasteiger charge is -2.48. The van der Waals surface area contributed by atoms with Crippen molar-refractivity contribution in [3.8, 4) is 0 Å². The molecule has 4 rings (SSSR count). The van der Waals surface area contributed by atoms with Crippen molar-refractivity contribution in [1.29, 1.82) is 0 Å². The van der Waals surface area contributed by atoms with Crippen LogP contribution in [-0.2, 0) is 7.05 Å². The van der Waals surface area contributed by atoms with Crippen molar-refractivity contribution >= 4 is 11.6 Å². The molecule has 2 aromatic rings. The lowest BCUT2D eigenvalue weighted by molar-refractivity contribution is 0.0241. The number of halogens is 1. The first-order valence-corrected chi connectivity index (χ1v) is 9.06. The Balaban J connectivity index is 1.28. The highest BCUT2D eigenvalue weighted by atomic mass is 19.1. The molecule has 1 amide bonds. The molecule has 2 aliphatic heterocycles. The zero-order valence-corrected chi connectivity index (χ0v) is 15.2. The van der Waals surface area contributed by atoms with Crippen LogP contribution in [0.5, 0.6) is 0 Å². The number of amides is 1. The topological polar surface area (TPSA) is 44.6 Å². The van der Waals surface area contributed by atoms with Gasteiger partial charge in [-0.3, -0.25) is 14.4 Å². The van der Waals surface area contributed by atoms with E-state index in [4.69, 9.17) is 0 Å². The predicted octanol–water partition coefficient (Wildman–Crippen LogP) is 1.51. The molecule has 138 valence electrons. The van der Waals surface area contributed by atoms with Crippen molar-refractivity contribution < 1.29 is 9.18 Å². The van der Waals surface area contributed by atoms with Gasteiger partial charge in [-0.05, 0) is 37.3 Å². The summed E-state index contributed by atoms with van der Waals surface area (Å²) in [4.78, 5) is 19.1. The molecule has 0 radical (unpaired) electrons. The number of aryl methyl sites for hydroxylation is 2. The fourth-order valence-electron chi connectivity index (χ4n) is 3.68. The van der Waals surface area contributed by atoms with Crippen molar-refractivity contribution in [1.82, 2.24) is 19.6 Å². The van der Waals surface area contributed by atoms with Crippen LogP contribution in [0, 0.1) is 12.7 Å². The third kappa shape index (κ3) is 3.19. The lowest BCUT2D eigenvalue weighted by Crippen LogP contribution is -2.64. The Labute approximate surface area is 152 Å². The Kier molecular flexibility index (Phi) is 4.40. The van der Waals surface area contributed by atoms with E-state index in [0.29, 0.717) is 11.7 Å². The van der Waals surface area contributed by atoms with Gasteiger partial charge < -0.3 is 9.80 Å². The summed E-state index contributed by atoms with van der Waals surface area (Å²) in [6.07, 6.45) is 0. The number of nitrogens with zero attached hydrogens (tertiary/aromatic N) is 5. The summed E-state index contributed by atoms with van der Waals surface area (Å²) >= 11 is 0. The highest BCUT2D eigenvalue weighted by Crippen LogP contribution is 2.22. The summed E-state index contributed by atoms with van der Waals surface area (Å²) < 4.78 is 14.8. The minimum absolute atomic E-state index is 0.0231. The summed E-state index contributed by atoms with van der Waals surface area (Å²) in [5.41, 5.74) is 2.59. The van der Waals surface area contributed by atoms with E-state index < -0.39 is 0 Å². The highest BCUT2D eigenvalue weighted by Gasteiger charge is 2.37. The fourth-order valence-corrected chi connectivity index (χ4v) is 3.68. The van der Waals surface area contributed by atoms with Gasteiger partial charge in [-0.25, -0.2) is 4.39 Å². The second-order valence-corrected chi connectivity index (χ2v) is 7.16. The number of hydrogen-bond donors (Lipinski definition) is 0. The molecule has 6 nitrogen and oxygen atoms in total. The first-order valence-electron chi connectivity index (χ1n) is 9.06. The molecule has 3 heterocycles. The summed E-state index contributed by atoms with van der Waals surface area (Å²) in [6.45, 7) is 7.27. The summed E-state index contributed by atoms with van der Waals surface area (Å²) in [7, 11) is 1.85. The van der Waals surface area contributed by atoms with E-state index >= 15 is 0 Å². The van der Waals surface area contributed by atoms with Crippen LogP contribution < -0.4 is 4.90 Å². The second kappa shape index (κ2) is 6.72. The molecule has 1 aromatic carbocycles. The van der Waals surface area contributed by atoms with Crippen LogP contribution in [0.3, 0.4) is 0 Å². The molecule has 2 aliphatic rings. The lowest BCUT2D eigenvalue weighted by atomic mass is 10.0. The van der Waals surface area contributed by atoms with Crippen LogP contribution in [0.2, 0.25) is 0 Å². The summed E-state index contributed by atoms with van der Waals surface area (Å²) in [5, 5.41) is 4.28. The average molecular weight is 357 g/mol. The standard InChI is InChI=1S/C19H24FN5O/c1-14-11-18(21-22(14)2)19(26)25-12-17(13-25)24-9-7-23(8-10-24)16-5-3-15(20)4-6-16/h3-6,11,17H,7-10,12-13H2,1-2H3. The van der Waals surface area contributed by atoms with E-state index in [1.807, 2.05) is 37.1 Å². The van der Waals surface area contributed by atoms with E-state index in [1.54, 1.807) is 4.68 Å². The minimum Gasteiger partial charge on any atom is -0.369 e. The first kappa shape index (κ1) is 17.0. The van der Waals surface area contributed by atoms with Crippen LogP contribution in [0.15, 0.2) is 30.3 Å². The van der Waals surface area contributed by atoms with Gasteiger partial charge in [-0.1, -0.05) is 0 Å². The highest BCUT2D eigenvalue weighted by molar-refractivity contribution is 5.93. The average Bonchev–Trinajstić information content (AvgIpc) is 2.94. The third-order valence-corrected chi connectivity index (χ3v) is 5.50. The van der Waals surface area contributed by atoms with Gasteiger partial charge >= 0.3 is 0 Å². The molecular weight excluding hydrogens is 333 g/mol. The van der Waals surface area contributed by atoms with Crippen LogP contribution in [0.1, 0.15) is 16.2 Å². The zero-order valence-electron chi connectivity index (χ0n) is 15.2. The molecule has 1 aromatic heterocycles. The number of anilines is 1. The maximum Gasteiger partial charge on any atom is 0.274 e. The molecule has 0 atom stereocenters. The van der Waals surface area contributed by atoms with Gasteiger partial charge in [0.2, 0.25) is 0 Å². The van der Waals surface area contributed by atoms with E-state index in [2.05, 4.69) is 14.9 Å². The largest absolute Gasteiger partial charge is 0.369 e. The molecular formula is C19H24FN5O. The predicted molar refractivity (Wildman–Crippen MR) is 97.8 cm³/mol. The van der Waals surface area contributed by atoms with Crippen molar-refractivity contribution in [3.05, 3.63) is 47.5 Å². The Bertz CT molecular complexity index is 769. The summed E-state index contributed by atoms with van der Waals surface area (Å²) in [6, 6.07) is 8.97. The van der Waals surface area contributed by atoms with Gasteiger partial charge in [0.05, 0.1) is 0 Å². The number of carbonyl (C=O) groups excluding carboxylic acids is 1. The number of hydrogen-bond acceptors (Lipinski definition) is 4.